The van der Waals surface area contributed by atoms with Crippen LogP contribution in [0.2, 0.25) is 0 Å². The van der Waals surface area contributed by atoms with Crippen molar-refractivity contribution >= 4 is 11.8 Å². The minimum absolute atomic E-state index is 0.0278. The van der Waals surface area contributed by atoms with Gasteiger partial charge in [-0.05, 0) is 26.2 Å². The molecule has 2 amide bonds. The molecule has 0 radical (unpaired) electrons. The number of hydrogen-bond acceptors (Lipinski definition) is 3. The molecule has 2 aliphatic heterocycles. The van der Waals surface area contributed by atoms with Crippen molar-refractivity contribution in [3.63, 3.8) is 0 Å². The maximum Gasteiger partial charge on any atom is 0.246 e. The summed E-state index contributed by atoms with van der Waals surface area (Å²) in [6, 6.07) is -0.319. The lowest BCUT2D eigenvalue weighted by Crippen LogP contribution is -2.71. The molecule has 108 valence electrons. The van der Waals surface area contributed by atoms with E-state index in [1.54, 1.807) is 4.90 Å². The summed E-state index contributed by atoms with van der Waals surface area (Å²) in [5, 5.41) is 2.89. The second-order valence-corrected chi connectivity index (χ2v) is 5.67. The topological polar surface area (TPSA) is 58.6 Å². The molecule has 0 aliphatic carbocycles. The lowest BCUT2D eigenvalue weighted by Gasteiger charge is -2.48. The zero-order valence-electron chi connectivity index (χ0n) is 12.1. The Morgan fingerprint density at radius 2 is 2.16 bits per heavy atom. The van der Waals surface area contributed by atoms with Crippen molar-refractivity contribution in [3.05, 3.63) is 0 Å². The second-order valence-electron chi connectivity index (χ2n) is 5.67. The number of nitrogens with one attached hydrogen (secondary N) is 1. The summed E-state index contributed by atoms with van der Waals surface area (Å²) in [5.41, 5.74) is -0.736. The van der Waals surface area contributed by atoms with Gasteiger partial charge in [-0.1, -0.05) is 20.3 Å². The lowest BCUT2D eigenvalue weighted by atomic mass is 9.87. The van der Waals surface area contributed by atoms with E-state index in [1.807, 2.05) is 20.8 Å². The highest BCUT2D eigenvalue weighted by Gasteiger charge is 2.51. The van der Waals surface area contributed by atoms with Crippen LogP contribution in [-0.2, 0) is 14.3 Å². The third kappa shape index (κ3) is 2.36. The van der Waals surface area contributed by atoms with Gasteiger partial charge >= 0.3 is 0 Å². The van der Waals surface area contributed by atoms with Crippen LogP contribution in [-0.4, -0.2) is 47.6 Å². The molecule has 0 aromatic heterocycles. The van der Waals surface area contributed by atoms with E-state index in [-0.39, 0.29) is 23.9 Å². The van der Waals surface area contributed by atoms with Crippen molar-refractivity contribution in [1.29, 1.82) is 0 Å². The molecule has 5 heteroatoms. The van der Waals surface area contributed by atoms with E-state index in [4.69, 9.17) is 4.74 Å². The third-order valence-corrected chi connectivity index (χ3v) is 4.40. The summed E-state index contributed by atoms with van der Waals surface area (Å²) >= 11 is 0. The number of ether oxygens (including phenoxy) is 1. The van der Waals surface area contributed by atoms with E-state index in [0.717, 1.165) is 12.8 Å². The van der Waals surface area contributed by atoms with Crippen molar-refractivity contribution < 1.29 is 14.3 Å². The van der Waals surface area contributed by atoms with E-state index in [9.17, 15) is 9.59 Å². The molecule has 5 nitrogen and oxygen atoms in total. The number of nitrogens with zero attached hydrogens (tertiary/aromatic N) is 1. The molecule has 0 spiro atoms. The molecule has 0 bridgehead atoms. The van der Waals surface area contributed by atoms with E-state index >= 15 is 0 Å². The molecule has 2 fully saturated rings. The monoisotopic (exact) mass is 268 g/mol. The molecule has 1 N–H and O–H groups in total. The van der Waals surface area contributed by atoms with Crippen molar-refractivity contribution in [2.24, 2.45) is 0 Å². The standard InChI is InChI=1S/C14H24N2O3/c1-4-6-11-12(17)16(10-7-8-19-9-10)14(3,5-2)13(18)15-11/h10-11H,4-9H2,1-3H3,(H,15,18). The lowest BCUT2D eigenvalue weighted by molar-refractivity contribution is -0.160. The van der Waals surface area contributed by atoms with Crippen molar-refractivity contribution in [2.45, 2.75) is 64.1 Å². The van der Waals surface area contributed by atoms with Gasteiger partial charge in [0.05, 0.1) is 12.6 Å². The normalized spacial score (nSPS) is 35.6. The molecule has 2 rings (SSSR count). The Bertz CT molecular complexity index is 366. The predicted octanol–water partition coefficient (Wildman–Crippen LogP) is 1.07. The molecule has 0 saturated carbocycles. The number of carbonyl (C=O) groups excluding carboxylic acids is 2. The van der Waals surface area contributed by atoms with Gasteiger partial charge in [-0.25, -0.2) is 0 Å². The van der Waals surface area contributed by atoms with Crippen LogP contribution in [0.15, 0.2) is 0 Å². The molecule has 0 aromatic rings. The Morgan fingerprint density at radius 1 is 1.42 bits per heavy atom. The largest absolute Gasteiger partial charge is 0.379 e. The minimum Gasteiger partial charge on any atom is -0.379 e. The van der Waals surface area contributed by atoms with Crippen LogP contribution < -0.4 is 5.32 Å². The second kappa shape index (κ2) is 5.49. The fourth-order valence-corrected chi connectivity index (χ4v) is 3.02. The highest BCUT2D eigenvalue weighted by Crippen LogP contribution is 2.31. The van der Waals surface area contributed by atoms with Gasteiger partial charge < -0.3 is 15.0 Å². The third-order valence-electron chi connectivity index (χ3n) is 4.40. The Labute approximate surface area is 114 Å². The van der Waals surface area contributed by atoms with Crippen molar-refractivity contribution in [1.82, 2.24) is 10.2 Å². The van der Waals surface area contributed by atoms with Crippen molar-refractivity contribution in [2.75, 3.05) is 13.2 Å². The summed E-state index contributed by atoms with van der Waals surface area (Å²) in [5.74, 6) is 0.0289. The number of amides is 2. The predicted molar refractivity (Wildman–Crippen MR) is 71.6 cm³/mol. The molecular formula is C14H24N2O3. The van der Waals surface area contributed by atoms with Gasteiger partial charge in [0.25, 0.3) is 0 Å². The molecule has 3 unspecified atom stereocenters. The zero-order valence-corrected chi connectivity index (χ0v) is 12.1. The Balaban J connectivity index is 2.29. The van der Waals surface area contributed by atoms with Crippen LogP contribution in [0.5, 0.6) is 0 Å². The van der Waals surface area contributed by atoms with E-state index in [0.29, 0.717) is 26.1 Å². The minimum atomic E-state index is -0.736. The van der Waals surface area contributed by atoms with Crippen LogP contribution >= 0.6 is 0 Å². The smallest absolute Gasteiger partial charge is 0.246 e. The first kappa shape index (κ1) is 14.3. The summed E-state index contributed by atoms with van der Waals surface area (Å²) in [6.45, 7) is 7.06. The number of carbonyl (C=O) groups is 2. The first-order valence-corrected chi connectivity index (χ1v) is 7.26. The highest BCUT2D eigenvalue weighted by atomic mass is 16.5. The molecule has 2 aliphatic rings. The zero-order chi connectivity index (χ0) is 14.0. The van der Waals surface area contributed by atoms with Gasteiger partial charge in [0.15, 0.2) is 0 Å². The van der Waals surface area contributed by atoms with Gasteiger partial charge in [0.1, 0.15) is 11.6 Å². The van der Waals surface area contributed by atoms with E-state index in [1.165, 1.54) is 0 Å². The fraction of sp³-hybridized carbons (Fsp3) is 0.857. The SMILES string of the molecule is CCCC1NC(=O)C(C)(CC)N(C2CCOC2)C1=O. The Morgan fingerprint density at radius 3 is 2.68 bits per heavy atom. The quantitative estimate of drug-likeness (QED) is 0.829. The van der Waals surface area contributed by atoms with Crippen LogP contribution in [0.25, 0.3) is 0 Å². The molecule has 2 heterocycles. The summed E-state index contributed by atoms with van der Waals surface area (Å²) in [4.78, 5) is 26.9. The summed E-state index contributed by atoms with van der Waals surface area (Å²) < 4.78 is 5.40. The first-order chi connectivity index (χ1) is 9.04. The fourth-order valence-electron chi connectivity index (χ4n) is 3.02. The maximum absolute atomic E-state index is 12.7. The van der Waals surface area contributed by atoms with Crippen LogP contribution in [0.4, 0.5) is 0 Å². The van der Waals surface area contributed by atoms with Gasteiger partial charge in [-0.2, -0.15) is 0 Å². The number of hydrogen-bond donors (Lipinski definition) is 1. The average Bonchev–Trinajstić information content (AvgIpc) is 2.90. The molecule has 3 atom stereocenters. The highest BCUT2D eigenvalue weighted by molar-refractivity contribution is 5.99. The molecule has 0 aromatic carbocycles. The van der Waals surface area contributed by atoms with E-state index < -0.39 is 5.54 Å². The van der Waals surface area contributed by atoms with Crippen LogP contribution in [0.3, 0.4) is 0 Å². The van der Waals surface area contributed by atoms with E-state index in [2.05, 4.69) is 5.32 Å². The van der Waals surface area contributed by atoms with Gasteiger partial charge in [-0.3, -0.25) is 9.59 Å². The summed E-state index contributed by atoms with van der Waals surface area (Å²) in [7, 11) is 0. The summed E-state index contributed by atoms with van der Waals surface area (Å²) in [6.07, 6.45) is 3.04. The Hall–Kier alpha value is -1.10. The first-order valence-electron chi connectivity index (χ1n) is 7.26. The Kier molecular flexibility index (Phi) is 4.13. The van der Waals surface area contributed by atoms with Gasteiger partial charge in [-0.15, -0.1) is 0 Å². The van der Waals surface area contributed by atoms with Crippen LogP contribution in [0.1, 0.15) is 46.5 Å². The number of rotatable bonds is 4. The molecular weight excluding hydrogens is 244 g/mol. The van der Waals surface area contributed by atoms with Gasteiger partial charge in [0, 0.05) is 6.61 Å². The van der Waals surface area contributed by atoms with Crippen molar-refractivity contribution in [3.8, 4) is 0 Å². The van der Waals surface area contributed by atoms with Crippen LogP contribution in [0, 0.1) is 0 Å². The molecule has 19 heavy (non-hydrogen) atoms. The average molecular weight is 268 g/mol. The molecule has 2 saturated heterocycles. The van der Waals surface area contributed by atoms with Gasteiger partial charge in [0.2, 0.25) is 11.8 Å². The maximum atomic E-state index is 12.7. The number of piperazine rings is 1.